The average Bonchev–Trinajstić information content (AvgIpc) is 3.49. The number of ether oxygens (including phenoxy) is 1. The van der Waals surface area contributed by atoms with Crippen LogP contribution in [0, 0.1) is 17.1 Å². The quantitative estimate of drug-likeness (QED) is 0.238. The van der Waals surface area contributed by atoms with Crippen molar-refractivity contribution in [2.45, 2.75) is 25.7 Å². The minimum atomic E-state index is -1.89. The first kappa shape index (κ1) is 25.8. The Morgan fingerprint density at radius 1 is 1.13 bits per heavy atom. The van der Waals surface area contributed by atoms with Gasteiger partial charge >= 0.3 is 0 Å². The lowest BCUT2D eigenvalue weighted by Gasteiger charge is -2.27. The lowest BCUT2D eigenvalue weighted by Crippen LogP contribution is -2.22. The number of nitrogens with one attached hydrogen (secondary N) is 1. The third-order valence-electron chi connectivity index (χ3n) is 7.12. The molecular formula is C29H32FN5O2P+. The summed E-state index contributed by atoms with van der Waals surface area (Å²) in [5, 5.41) is 19.0. The van der Waals surface area contributed by atoms with Gasteiger partial charge in [0.15, 0.2) is 7.49 Å². The summed E-state index contributed by atoms with van der Waals surface area (Å²) in [6.45, 7) is 8.22. The number of hydrogen-bond donors (Lipinski definition) is 1. The van der Waals surface area contributed by atoms with E-state index in [0.29, 0.717) is 5.75 Å². The molecule has 5 aromatic rings. The lowest BCUT2D eigenvalue weighted by atomic mass is 9.82. The summed E-state index contributed by atoms with van der Waals surface area (Å²) in [5.41, 5.74) is 5.48. The molecule has 9 heteroatoms. The summed E-state index contributed by atoms with van der Waals surface area (Å²) in [6, 6.07) is 14.9. The van der Waals surface area contributed by atoms with Crippen LogP contribution in [0.5, 0.6) is 5.75 Å². The van der Waals surface area contributed by atoms with E-state index < -0.39 is 12.9 Å². The molecule has 0 bridgehead atoms. The molecule has 0 unspecified atom stereocenters. The highest BCUT2D eigenvalue weighted by Crippen LogP contribution is 2.52. The molecule has 0 aliphatic carbocycles. The lowest BCUT2D eigenvalue weighted by molar-refractivity contribution is 0.415. The zero-order valence-electron chi connectivity index (χ0n) is 22.3. The molecular weight excluding hydrogens is 500 g/mol. The molecule has 0 radical (unpaired) electrons. The van der Waals surface area contributed by atoms with Crippen LogP contribution >= 0.6 is 7.49 Å². The summed E-state index contributed by atoms with van der Waals surface area (Å²) >= 11 is 0. The van der Waals surface area contributed by atoms with E-state index in [1.165, 1.54) is 12.1 Å². The average molecular weight is 533 g/mol. The van der Waals surface area contributed by atoms with Crippen LogP contribution in [-0.2, 0) is 9.94 Å². The van der Waals surface area contributed by atoms with Gasteiger partial charge in [-0.3, -0.25) is 5.10 Å². The molecule has 0 amide bonds. The van der Waals surface area contributed by atoms with E-state index in [-0.39, 0.29) is 13.7 Å². The van der Waals surface area contributed by atoms with E-state index in [1.54, 1.807) is 32.5 Å². The van der Waals surface area contributed by atoms with Gasteiger partial charge in [0, 0.05) is 58.8 Å². The normalized spacial score (nSPS) is 12.3. The number of aromatic amines is 1. The molecule has 0 fully saturated rings. The van der Waals surface area contributed by atoms with Crippen LogP contribution in [0.15, 0.2) is 54.9 Å². The number of halogens is 1. The summed E-state index contributed by atoms with van der Waals surface area (Å²) in [5.74, 6) is 0.350. The Kier molecular flexibility index (Phi) is 6.46. The molecule has 2 aromatic carbocycles. The number of hydrogen-bond acceptors (Lipinski definition) is 5. The van der Waals surface area contributed by atoms with E-state index in [2.05, 4.69) is 60.1 Å². The van der Waals surface area contributed by atoms with Crippen molar-refractivity contribution in [2.24, 2.45) is 0 Å². The predicted octanol–water partition coefficient (Wildman–Crippen LogP) is 6.62. The third kappa shape index (κ3) is 4.22. The molecule has 0 saturated carbocycles. The van der Waals surface area contributed by atoms with Gasteiger partial charge in [0.2, 0.25) is 5.44 Å². The van der Waals surface area contributed by atoms with Crippen LogP contribution in [0.3, 0.4) is 0 Å². The van der Waals surface area contributed by atoms with Crippen molar-refractivity contribution < 1.29 is 15.1 Å². The monoisotopic (exact) mass is 532 g/mol. The third-order valence-corrected chi connectivity index (χ3v) is 9.38. The number of rotatable bonds is 7. The largest absolute Gasteiger partial charge is 0.496 e. The van der Waals surface area contributed by atoms with E-state index in [1.807, 2.05) is 12.3 Å². The van der Waals surface area contributed by atoms with Crippen LogP contribution in [0.4, 0.5) is 4.39 Å². The molecule has 1 N–H and O–H groups in total. The number of benzene rings is 2. The second-order valence-corrected chi connectivity index (χ2v) is 13.9. The highest BCUT2D eigenvalue weighted by molar-refractivity contribution is 7.76. The van der Waals surface area contributed by atoms with Crippen LogP contribution in [0.25, 0.3) is 38.6 Å². The fourth-order valence-electron chi connectivity index (χ4n) is 4.95. The highest BCUT2D eigenvalue weighted by Gasteiger charge is 2.36. The van der Waals surface area contributed by atoms with Crippen LogP contribution in [0.1, 0.15) is 27.4 Å². The summed E-state index contributed by atoms with van der Waals surface area (Å²) in [6.07, 6.45) is 3.89. The summed E-state index contributed by atoms with van der Waals surface area (Å²) in [7, 11) is 1.45. The van der Waals surface area contributed by atoms with E-state index in [9.17, 15) is 9.65 Å². The second kappa shape index (κ2) is 9.50. The number of aromatic nitrogens is 4. The molecule has 3 aromatic heterocycles. The van der Waals surface area contributed by atoms with Crippen molar-refractivity contribution in [1.29, 1.82) is 5.26 Å². The van der Waals surface area contributed by atoms with Gasteiger partial charge in [0.1, 0.15) is 11.6 Å². The number of nitrogens with zero attached hydrogens (tertiary/aromatic N) is 4. The number of methoxy groups -OCH3 is 1. The summed E-state index contributed by atoms with van der Waals surface area (Å²) in [4.78, 5) is 4.83. The van der Waals surface area contributed by atoms with Crippen LogP contribution in [0.2, 0.25) is 0 Å². The molecule has 3 heterocycles. The number of H-pyrrole nitrogens is 1. The molecule has 0 saturated heterocycles. The van der Waals surface area contributed by atoms with Gasteiger partial charge in [-0.15, -0.1) is 0 Å². The SMILES string of the molecule is COc1cc([P+](C)(C)OC)ncc1-c1c(C(C)(C)CC#N)n(-c2ccc(F)cc2)c2cc3cn[nH]c3cc12.[HH]. The highest BCUT2D eigenvalue weighted by atomic mass is 31.2. The molecule has 0 atom stereocenters. The van der Waals surface area contributed by atoms with Crippen molar-refractivity contribution in [3.05, 3.63) is 66.4 Å². The number of fused-ring (bicyclic) bond motifs is 2. The summed E-state index contributed by atoms with van der Waals surface area (Å²) < 4.78 is 27.8. The molecule has 5 rings (SSSR count). The van der Waals surface area contributed by atoms with Crippen molar-refractivity contribution in [1.82, 2.24) is 19.7 Å². The predicted molar refractivity (Wildman–Crippen MR) is 153 cm³/mol. The second-order valence-electron chi connectivity index (χ2n) is 10.4. The molecule has 7 nitrogen and oxygen atoms in total. The minimum Gasteiger partial charge on any atom is -0.496 e. The van der Waals surface area contributed by atoms with Crippen molar-refractivity contribution in [2.75, 3.05) is 27.5 Å². The van der Waals surface area contributed by atoms with Crippen LogP contribution in [-0.4, -0.2) is 47.3 Å². The number of pyridine rings is 1. The Labute approximate surface area is 223 Å². The van der Waals surface area contributed by atoms with Gasteiger partial charge in [-0.2, -0.15) is 10.4 Å². The Hall–Kier alpha value is -3.79. The standard InChI is InChI=1S/C29H30FN5O2P.H2/c1-29(2,11-12-31)28-27(22-17-32-26(15-25(22)36-3)38(5,6)37-4)21-14-23-18(16-33-34-23)13-24(21)35(28)20-9-7-19(30)8-10-20;/h7-10,13-17H,11H2,1-6H3,(H,33,34);1H/q+1;. The first-order valence-electron chi connectivity index (χ1n) is 12.2. The molecule has 196 valence electrons. The maximum Gasteiger partial charge on any atom is 0.215 e. The van der Waals surface area contributed by atoms with Gasteiger partial charge in [-0.1, -0.05) is 13.8 Å². The van der Waals surface area contributed by atoms with E-state index in [4.69, 9.17) is 14.2 Å². The molecule has 0 aliphatic rings. The maximum absolute atomic E-state index is 14.0. The van der Waals surface area contributed by atoms with E-state index >= 15 is 0 Å². The van der Waals surface area contributed by atoms with Gasteiger partial charge in [-0.05, 0) is 36.4 Å². The zero-order valence-corrected chi connectivity index (χ0v) is 23.2. The first-order chi connectivity index (χ1) is 18.1. The molecule has 0 spiro atoms. The molecule has 38 heavy (non-hydrogen) atoms. The van der Waals surface area contributed by atoms with Crippen molar-refractivity contribution in [3.63, 3.8) is 0 Å². The molecule has 0 aliphatic heterocycles. The smallest absolute Gasteiger partial charge is 0.215 e. The Balaban J connectivity index is 0.00000353. The fraction of sp³-hybridized carbons (Fsp3) is 0.276. The van der Waals surface area contributed by atoms with Gasteiger partial charge in [0.05, 0.1) is 50.8 Å². The van der Waals surface area contributed by atoms with Crippen molar-refractivity contribution >= 4 is 34.7 Å². The van der Waals surface area contributed by atoms with Gasteiger partial charge < -0.3 is 9.30 Å². The maximum atomic E-state index is 14.0. The topological polar surface area (TPSA) is 88.8 Å². The van der Waals surface area contributed by atoms with Gasteiger partial charge in [-0.25, -0.2) is 13.9 Å². The number of nitriles is 1. The Morgan fingerprint density at radius 3 is 2.53 bits per heavy atom. The van der Waals surface area contributed by atoms with E-state index in [0.717, 1.165) is 49.7 Å². The Bertz CT molecular complexity index is 1700. The fourth-order valence-corrected chi connectivity index (χ4v) is 5.90. The van der Waals surface area contributed by atoms with Crippen molar-refractivity contribution in [3.8, 4) is 28.6 Å². The van der Waals surface area contributed by atoms with Gasteiger partial charge in [0.25, 0.3) is 0 Å². The Morgan fingerprint density at radius 2 is 1.87 bits per heavy atom. The zero-order chi connectivity index (χ0) is 27.2. The van der Waals surface area contributed by atoms with Crippen LogP contribution < -0.4 is 10.2 Å². The minimum absolute atomic E-state index is 0. The first-order valence-corrected chi connectivity index (χ1v) is 14.8.